The second kappa shape index (κ2) is 9.36. The van der Waals surface area contributed by atoms with E-state index in [2.05, 4.69) is 16.0 Å². The van der Waals surface area contributed by atoms with Gasteiger partial charge in [0.25, 0.3) is 11.8 Å². The predicted octanol–water partition coefficient (Wildman–Crippen LogP) is 3.15. The maximum absolute atomic E-state index is 12.6. The Balaban J connectivity index is 0.00000243. The van der Waals surface area contributed by atoms with Gasteiger partial charge in [0.1, 0.15) is 0 Å². The van der Waals surface area contributed by atoms with Gasteiger partial charge in [-0.3, -0.25) is 9.59 Å². The predicted molar refractivity (Wildman–Crippen MR) is 106 cm³/mol. The van der Waals surface area contributed by atoms with Gasteiger partial charge in [-0.25, -0.2) is 0 Å². The van der Waals surface area contributed by atoms with Gasteiger partial charge in [0.05, 0.1) is 11.3 Å². The van der Waals surface area contributed by atoms with Crippen molar-refractivity contribution in [3.05, 3.63) is 65.2 Å². The molecule has 0 aliphatic carbocycles. The Labute approximate surface area is 160 Å². The molecule has 1 fully saturated rings. The first kappa shape index (κ1) is 19.9. The summed E-state index contributed by atoms with van der Waals surface area (Å²) in [6.07, 6.45) is 1.84. The summed E-state index contributed by atoms with van der Waals surface area (Å²) in [7, 11) is 0. The Kier molecular flexibility index (Phi) is 7.18. The third-order valence-corrected chi connectivity index (χ3v) is 4.37. The first-order valence-corrected chi connectivity index (χ1v) is 8.62. The van der Waals surface area contributed by atoms with Crippen molar-refractivity contribution in [2.75, 3.05) is 18.4 Å². The second-order valence-electron chi connectivity index (χ2n) is 6.37. The number of hydrogen-bond acceptors (Lipinski definition) is 3. The summed E-state index contributed by atoms with van der Waals surface area (Å²) < 4.78 is 0. The summed E-state index contributed by atoms with van der Waals surface area (Å²) in [6.45, 7) is 3.77. The fraction of sp³-hybridized carbons (Fsp3) is 0.300. The lowest BCUT2D eigenvalue weighted by Crippen LogP contribution is -2.42. The molecule has 0 radical (unpaired) electrons. The molecule has 1 aliphatic rings. The highest BCUT2D eigenvalue weighted by Gasteiger charge is 2.19. The van der Waals surface area contributed by atoms with E-state index in [1.807, 2.05) is 31.2 Å². The number of anilines is 1. The summed E-state index contributed by atoms with van der Waals surface area (Å²) in [6, 6.07) is 14.7. The van der Waals surface area contributed by atoms with Crippen molar-refractivity contribution < 1.29 is 9.59 Å². The molecule has 5 nitrogen and oxygen atoms in total. The van der Waals surface area contributed by atoms with Gasteiger partial charge < -0.3 is 16.0 Å². The Hall–Kier alpha value is -2.37. The number of nitrogens with one attached hydrogen (secondary N) is 3. The zero-order chi connectivity index (χ0) is 17.6. The van der Waals surface area contributed by atoms with Gasteiger partial charge in [-0.1, -0.05) is 29.8 Å². The molecule has 2 aromatic rings. The highest BCUT2D eigenvalue weighted by atomic mass is 35.5. The maximum Gasteiger partial charge on any atom is 0.255 e. The minimum Gasteiger partial charge on any atom is -0.349 e. The molecular weight excluding hydrogens is 350 g/mol. The zero-order valence-electron chi connectivity index (χ0n) is 14.7. The lowest BCUT2D eigenvalue weighted by molar-refractivity contribution is 0.0930. The molecule has 0 unspecified atom stereocenters. The molecule has 1 saturated heterocycles. The number of carbonyl (C=O) groups is 2. The molecule has 3 N–H and O–H groups in total. The van der Waals surface area contributed by atoms with Crippen molar-refractivity contribution in [1.29, 1.82) is 0 Å². The smallest absolute Gasteiger partial charge is 0.255 e. The number of carbonyl (C=O) groups excluding carboxylic acids is 2. The van der Waals surface area contributed by atoms with Crippen LogP contribution in [-0.4, -0.2) is 30.9 Å². The van der Waals surface area contributed by atoms with Gasteiger partial charge in [-0.2, -0.15) is 0 Å². The number of halogens is 1. The normalized spacial score (nSPS) is 14.2. The van der Waals surface area contributed by atoms with E-state index in [1.54, 1.807) is 24.3 Å². The van der Waals surface area contributed by atoms with Crippen LogP contribution in [0.25, 0.3) is 0 Å². The molecule has 0 aromatic heterocycles. The average Bonchev–Trinajstić information content (AvgIpc) is 2.63. The van der Waals surface area contributed by atoms with Crippen LogP contribution in [0.3, 0.4) is 0 Å². The van der Waals surface area contributed by atoms with Gasteiger partial charge in [0.2, 0.25) is 0 Å². The van der Waals surface area contributed by atoms with E-state index in [-0.39, 0.29) is 30.3 Å². The molecular formula is C20H24ClN3O2. The number of amides is 2. The summed E-state index contributed by atoms with van der Waals surface area (Å²) in [5.41, 5.74) is 2.61. The Morgan fingerprint density at radius 2 is 1.73 bits per heavy atom. The molecule has 138 valence electrons. The monoisotopic (exact) mass is 373 g/mol. The van der Waals surface area contributed by atoms with Crippen LogP contribution >= 0.6 is 12.4 Å². The van der Waals surface area contributed by atoms with Crippen molar-refractivity contribution in [3.63, 3.8) is 0 Å². The van der Waals surface area contributed by atoms with Crippen LogP contribution in [0.15, 0.2) is 48.5 Å². The van der Waals surface area contributed by atoms with Crippen LogP contribution in [0.2, 0.25) is 0 Å². The molecule has 2 aromatic carbocycles. The van der Waals surface area contributed by atoms with Crippen LogP contribution in [0.4, 0.5) is 5.69 Å². The Morgan fingerprint density at radius 1 is 1.00 bits per heavy atom. The lowest BCUT2D eigenvalue weighted by Gasteiger charge is -2.24. The third-order valence-electron chi connectivity index (χ3n) is 4.37. The number of rotatable bonds is 4. The SMILES string of the molecule is Cc1cccc(C(=O)Nc2ccccc2C(=O)NC2CCNCC2)c1.Cl. The largest absolute Gasteiger partial charge is 0.349 e. The number of piperidine rings is 1. The molecule has 2 amide bonds. The van der Waals surface area contributed by atoms with Crippen LogP contribution in [0.5, 0.6) is 0 Å². The molecule has 0 saturated carbocycles. The van der Waals surface area contributed by atoms with Crippen molar-refractivity contribution in [1.82, 2.24) is 10.6 Å². The third kappa shape index (κ3) is 5.07. The van der Waals surface area contributed by atoms with Gasteiger partial charge in [0, 0.05) is 11.6 Å². The van der Waals surface area contributed by atoms with E-state index in [4.69, 9.17) is 0 Å². The average molecular weight is 374 g/mol. The van der Waals surface area contributed by atoms with Crippen molar-refractivity contribution >= 4 is 29.9 Å². The van der Waals surface area contributed by atoms with Gasteiger partial charge >= 0.3 is 0 Å². The topological polar surface area (TPSA) is 70.2 Å². The zero-order valence-corrected chi connectivity index (χ0v) is 15.6. The minimum atomic E-state index is -0.217. The first-order valence-electron chi connectivity index (χ1n) is 8.62. The molecule has 26 heavy (non-hydrogen) atoms. The van der Waals surface area contributed by atoms with Crippen molar-refractivity contribution in [3.8, 4) is 0 Å². The standard InChI is InChI=1S/C20H23N3O2.ClH/c1-14-5-4-6-15(13-14)19(24)23-18-8-3-2-7-17(18)20(25)22-16-9-11-21-12-10-16;/h2-8,13,16,21H,9-12H2,1H3,(H,22,25)(H,23,24);1H. The van der Waals surface area contributed by atoms with E-state index < -0.39 is 0 Å². The molecule has 3 rings (SSSR count). The van der Waals surface area contributed by atoms with Crippen LogP contribution in [-0.2, 0) is 0 Å². The fourth-order valence-corrected chi connectivity index (χ4v) is 3.00. The van der Waals surface area contributed by atoms with E-state index in [0.29, 0.717) is 16.8 Å². The lowest BCUT2D eigenvalue weighted by atomic mass is 10.1. The molecule has 6 heteroatoms. The van der Waals surface area contributed by atoms with Gasteiger partial charge in [-0.15, -0.1) is 12.4 Å². The number of hydrogen-bond donors (Lipinski definition) is 3. The number of benzene rings is 2. The summed E-state index contributed by atoms with van der Waals surface area (Å²) in [5, 5.41) is 9.21. The minimum absolute atomic E-state index is 0. The van der Waals surface area contributed by atoms with E-state index in [1.165, 1.54) is 0 Å². The Bertz CT molecular complexity index is 773. The van der Waals surface area contributed by atoms with Gasteiger partial charge in [-0.05, 0) is 57.1 Å². The first-order chi connectivity index (χ1) is 12.1. The van der Waals surface area contributed by atoms with Crippen LogP contribution in [0, 0.1) is 6.92 Å². The maximum atomic E-state index is 12.6. The van der Waals surface area contributed by atoms with E-state index >= 15 is 0 Å². The second-order valence-corrected chi connectivity index (χ2v) is 6.37. The van der Waals surface area contributed by atoms with Crippen molar-refractivity contribution in [2.45, 2.75) is 25.8 Å². The Morgan fingerprint density at radius 3 is 2.46 bits per heavy atom. The molecule has 0 bridgehead atoms. The quantitative estimate of drug-likeness (QED) is 0.771. The summed E-state index contributed by atoms with van der Waals surface area (Å²) >= 11 is 0. The summed E-state index contributed by atoms with van der Waals surface area (Å²) in [4.78, 5) is 25.1. The molecule has 0 spiro atoms. The fourth-order valence-electron chi connectivity index (χ4n) is 3.00. The van der Waals surface area contributed by atoms with E-state index in [0.717, 1.165) is 31.5 Å². The number of aryl methyl sites for hydroxylation is 1. The van der Waals surface area contributed by atoms with Gasteiger partial charge in [0.15, 0.2) is 0 Å². The highest BCUT2D eigenvalue weighted by molar-refractivity contribution is 6.09. The van der Waals surface area contributed by atoms with E-state index in [9.17, 15) is 9.59 Å². The van der Waals surface area contributed by atoms with Crippen LogP contribution < -0.4 is 16.0 Å². The molecule has 1 heterocycles. The van der Waals surface area contributed by atoms with Crippen molar-refractivity contribution in [2.24, 2.45) is 0 Å². The molecule has 1 aliphatic heterocycles. The number of para-hydroxylation sites is 1. The summed E-state index contributed by atoms with van der Waals surface area (Å²) in [5.74, 6) is -0.363. The van der Waals surface area contributed by atoms with Crippen LogP contribution in [0.1, 0.15) is 39.1 Å². The molecule has 0 atom stereocenters. The highest BCUT2D eigenvalue weighted by Crippen LogP contribution is 2.17.